The number of aldehydes is 1. The fraction of sp³-hybridized carbons (Fsp3) is 0.625. The van der Waals surface area contributed by atoms with Gasteiger partial charge in [-0.1, -0.05) is 25.6 Å². The number of carbonyl (C=O) groups excluding carboxylic acids is 4. The number of imidazole rings is 1. The molecule has 1 saturated heterocycles. The number of nitrogens with two attached hydrogens (primary N) is 1. The Morgan fingerprint density at radius 2 is 1.77 bits per heavy atom. The molecule has 3 heterocycles. The molecule has 0 bridgehead atoms. The van der Waals surface area contributed by atoms with Crippen LogP contribution in [0.1, 0.15) is 32.9 Å². The summed E-state index contributed by atoms with van der Waals surface area (Å²) in [6.07, 6.45) is -6.80. The molecule has 0 saturated carbocycles. The number of hydrogen-bond donors (Lipinski definition) is 9. The zero-order chi connectivity index (χ0) is 39.8. The Bertz CT molecular complexity index is 1780. The fourth-order valence-corrected chi connectivity index (χ4v) is 7.87. The number of phosphoric ester groups is 3. The average Bonchev–Trinajstić information content (AvgIpc) is 3.61. The Hall–Kier alpha value is -2.77. The molecule has 7 atom stereocenters. The maximum absolute atomic E-state index is 12.6. The number of nitrogen functional groups attached to an aromatic ring is 1. The van der Waals surface area contributed by atoms with Crippen molar-refractivity contribution >= 4 is 75.4 Å². The van der Waals surface area contributed by atoms with Crippen molar-refractivity contribution in [2.24, 2.45) is 5.41 Å². The summed E-state index contributed by atoms with van der Waals surface area (Å²) in [6.45, 7) is 0.301. The highest BCUT2D eigenvalue weighted by Gasteiger charge is 2.50. The van der Waals surface area contributed by atoms with Crippen LogP contribution in [0.2, 0.25) is 0 Å². The van der Waals surface area contributed by atoms with Gasteiger partial charge in [-0.05, 0) is 0 Å². The van der Waals surface area contributed by atoms with E-state index in [1.807, 2.05) is 0 Å². The molecule has 2 aromatic rings. The van der Waals surface area contributed by atoms with Gasteiger partial charge < -0.3 is 55.7 Å². The predicted molar refractivity (Wildman–Crippen MR) is 178 cm³/mol. The number of phosphoric acid groups is 3. The Balaban J connectivity index is 1.52. The van der Waals surface area contributed by atoms with Crippen LogP contribution in [0.25, 0.3) is 11.2 Å². The lowest BCUT2D eigenvalue weighted by Crippen LogP contribution is -2.46. The van der Waals surface area contributed by atoms with Gasteiger partial charge >= 0.3 is 23.5 Å². The molecule has 1 aliphatic rings. The maximum Gasteiger partial charge on any atom is 0.481 e. The first-order valence-corrected chi connectivity index (χ1v) is 20.5. The van der Waals surface area contributed by atoms with Crippen LogP contribution in [0, 0.1) is 5.41 Å². The SMILES string of the molecule is CC(C)(COP(=O)(O)OP(=O)(O)OC[C@H]1O[C@@H](n2cnc3c(N)ncnc32)[C@H](O)[C@@H]1OP(=O)(O)O)[C@@H](O)C(=O)NCCC(=O)NCCSC(=O)CC=O. The minimum Gasteiger partial charge on any atom is -0.386 e. The highest BCUT2D eigenvalue weighted by molar-refractivity contribution is 8.13. The van der Waals surface area contributed by atoms with E-state index in [1.165, 1.54) is 13.8 Å². The number of nitrogens with zero attached hydrogens (tertiary/aromatic N) is 4. The largest absolute Gasteiger partial charge is 0.481 e. The number of hydrogen-bond acceptors (Lipinski definition) is 19. The second-order valence-corrected chi connectivity index (χ2v) is 17.0. The maximum atomic E-state index is 12.6. The molecule has 25 nitrogen and oxygen atoms in total. The highest BCUT2D eigenvalue weighted by atomic mass is 32.2. The molecule has 2 unspecified atom stereocenters. The van der Waals surface area contributed by atoms with E-state index in [9.17, 15) is 62.7 Å². The molecule has 10 N–H and O–H groups in total. The molecule has 0 aliphatic carbocycles. The summed E-state index contributed by atoms with van der Waals surface area (Å²) >= 11 is 0.864. The van der Waals surface area contributed by atoms with E-state index >= 15 is 0 Å². The summed E-state index contributed by atoms with van der Waals surface area (Å²) in [5, 5.41) is 25.8. The number of fused-ring (bicyclic) bond motifs is 1. The smallest absolute Gasteiger partial charge is 0.386 e. The van der Waals surface area contributed by atoms with E-state index in [4.69, 9.17) is 19.5 Å². The van der Waals surface area contributed by atoms with Crippen LogP contribution in [0.4, 0.5) is 5.82 Å². The van der Waals surface area contributed by atoms with Crippen LogP contribution in [-0.2, 0) is 55.5 Å². The van der Waals surface area contributed by atoms with Gasteiger partial charge in [-0.2, -0.15) is 4.31 Å². The number of nitrogens with one attached hydrogen (secondary N) is 2. The Morgan fingerprint density at radius 1 is 1.09 bits per heavy atom. The predicted octanol–water partition coefficient (Wildman–Crippen LogP) is -1.75. The summed E-state index contributed by atoms with van der Waals surface area (Å²) in [4.78, 5) is 96.7. The van der Waals surface area contributed by atoms with Crippen LogP contribution in [0.5, 0.6) is 0 Å². The minimum atomic E-state index is -5.57. The molecule has 0 radical (unpaired) electrons. The molecular weight excluding hydrogens is 799 g/mol. The fourth-order valence-electron chi connectivity index (χ4n) is 4.42. The zero-order valence-corrected chi connectivity index (χ0v) is 31.3. The van der Waals surface area contributed by atoms with E-state index < -0.39 is 84.6 Å². The third-order valence-electron chi connectivity index (χ3n) is 7.01. The highest BCUT2D eigenvalue weighted by Crippen LogP contribution is 2.61. The summed E-state index contributed by atoms with van der Waals surface area (Å²) < 4.78 is 61.8. The van der Waals surface area contributed by atoms with Gasteiger partial charge in [0.25, 0.3) is 0 Å². The van der Waals surface area contributed by atoms with Crippen LogP contribution in [0.15, 0.2) is 12.7 Å². The first-order valence-electron chi connectivity index (χ1n) is 15.0. The molecule has 2 aromatic heterocycles. The third-order valence-corrected chi connectivity index (χ3v) is 11.0. The second-order valence-electron chi connectivity index (χ2n) is 11.7. The van der Waals surface area contributed by atoms with E-state index in [2.05, 4.69) is 34.4 Å². The summed E-state index contributed by atoms with van der Waals surface area (Å²) in [5.41, 5.74) is 4.22. The van der Waals surface area contributed by atoms with Gasteiger partial charge in [0, 0.05) is 30.7 Å². The number of aliphatic hydroxyl groups excluding tert-OH is 2. The molecule has 298 valence electrons. The number of aliphatic hydroxyl groups is 2. The molecule has 1 fully saturated rings. The molecule has 29 heteroatoms. The van der Waals surface area contributed by atoms with Gasteiger partial charge in [-0.3, -0.25) is 32.5 Å². The van der Waals surface area contributed by atoms with Crippen molar-refractivity contribution in [3.8, 4) is 0 Å². The number of ether oxygens (including phenoxy) is 1. The lowest BCUT2D eigenvalue weighted by Gasteiger charge is -2.30. The standard InChI is InChI=1S/C24H38N7O18P3S/c1-24(2,19(36)22(37)27-5-3-14(33)26-6-8-53-15(34)4-7-32)10-46-52(43,44)49-51(41,42)45-9-13-18(48-50(38,39)40)17(35)23(47-13)31-12-30-16-20(25)28-11-29-21(16)31/h7,11-13,17-19,23,35-36H,3-6,8-10H2,1-2H3,(H,26,33)(H,27,37)(H,41,42)(H,43,44)(H2,25,28,29)(H2,38,39,40)/t13-,17-,18-,19+,23-/m1/s1. The number of anilines is 1. The molecular formula is C24H38N7O18P3S. The lowest BCUT2D eigenvalue weighted by atomic mass is 9.87. The number of aromatic nitrogens is 4. The zero-order valence-electron chi connectivity index (χ0n) is 27.8. The molecule has 1 aliphatic heterocycles. The summed E-state index contributed by atoms with van der Waals surface area (Å²) in [5.74, 6) is -1.32. The molecule has 0 aromatic carbocycles. The molecule has 3 rings (SSSR count). The van der Waals surface area contributed by atoms with Crippen molar-refractivity contribution in [3.05, 3.63) is 12.7 Å². The summed E-state index contributed by atoms with van der Waals surface area (Å²) in [7, 11) is -16.4. The van der Waals surface area contributed by atoms with Gasteiger partial charge in [-0.15, -0.1) is 0 Å². The van der Waals surface area contributed by atoms with Crippen LogP contribution < -0.4 is 16.4 Å². The van der Waals surface area contributed by atoms with E-state index in [1.54, 1.807) is 0 Å². The Labute approximate surface area is 303 Å². The van der Waals surface area contributed by atoms with E-state index in [0.29, 0.717) is 6.29 Å². The van der Waals surface area contributed by atoms with Crippen LogP contribution >= 0.6 is 35.2 Å². The van der Waals surface area contributed by atoms with Gasteiger partial charge in [0.05, 0.1) is 26.0 Å². The second kappa shape index (κ2) is 18.7. The number of thioether (sulfide) groups is 1. The monoisotopic (exact) mass is 837 g/mol. The lowest BCUT2D eigenvalue weighted by molar-refractivity contribution is -0.137. The average molecular weight is 838 g/mol. The van der Waals surface area contributed by atoms with Crippen molar-refractivity contribution in [3.63, 3.8) is 0 Å². The van der Waals surface area contributed by atoms with Gasteiger partial charge in [-0.25, -0.2) is 28.6 Å². The normalized spacial score (nSPS) is 22.1. The van der Waals surface area contributed by atoms with Crippen molar-refractivity contribution in [2.75, 3.05) is 37.8 Å². The van der Waals surface area contributed by atoms with Crippen molar-refractivity contribution in [1.29, 1.82) is 0 Å². The number of carbonyl (C=O) groups is 4. The van der Waals surface area contributed by atoms with Crippen molar-refractivity contribution in [2.45, 2.75) is 57.3 Å². The molecule has 53 heavy (non-hydrogen) atoms. The summed E-state index contributed by atoms with van der Waals surface area (Å²) in [6, 6.07) is 0. The molecule has 0 spiro atoms. The first kappa shape index (κ1) is 44.6. The van der Waals surface area contributed by atoms with Crippen molar-refractivity contribution < 1.29 is 85.3 Å². The third kappa shape index (κ3) is 13.5. The van der Waals surface area contributed by atoms with Gasteiger partial charge in [0.15, 0.2) is 22.8 Å². The van der Waals surface area contributed by atoms with Crippen molar-refractivity contribution in [1.82, 2.24) is 30.2 Å². The molecule has 2 amide bonds. The minimum absolute atomic E-state index is 0.0240. The van der Waals surface area contributed by atoms with Crippen LogP contribution in [-0.4, -0.2) is 129 Å². The van der Waals surface area contributed by atoms with Gasteiger partial charge in [0.2, 0.25) is 11.8 Å². The topological polar surface area (TPSA) is 381 Å². The van der Waals surface area contributed by atoms with E-state index in [-0.39, 0.29) is 53.8 Å². The Morgan fingerprint density at radius 3 is 2.43 bits per heavy atom. The first-order chi connectivity index (χ1) is 24.6. The van der Waals surface area contributed by atoms with E-state index in [0.717, 1.165) is 29.0 Å². The quantitative estimate of drug-likeness (QED) is 0.0291. The number of rotatable bonds is 21. The van der Waals surface area contributed by atoms with Gasteiger partial charge in [0.1, 0.15) is 42.5 Å². The van der Waals surface area contributed by atoms with Crippen LogP contribution in [0.3, 0.4) is 0 Å². The number of amides is 2. The Kier molecular flexibility index (Phi) is 15.8.